The van der Waals surface area contributed by atoms with Crippen molar-refractivity contribution >= 4 is 0 Å². The van der Waals surface area contributed by atoms with E-state index in [0.717, 1.165) is 0 Å². The number of alkyl halides is 3. The van der Waals surface area contributed by atoms with Crippen molar-refractivity contribution in [3.63, 3.8) is 0 Å². The first-order chi connectivity index (χ1) is 8.18. The van der Waals surface area contributed by atoms with Gasteiger partial charge in [0.15, 0.2) is 0 Å². The molecule has 0 spiro atoms. The summed E-state index contributed by atoms with van der Waals surface area (Å²) in [5.41, 5.74) is -0.377. The molecule has 3 nitrogen and oxygen atoms in total. The molecule has 0 aromatic heterocycles. The number of aliphatic hydroxyl groups is 1. The largest absolute Gasteiger partial charge is 0.411 e. The van der Waals surface area contributed by atoms with Crippen LogP contribution in [0.1, 0.15) is 40.0 Å². The maximum Gasteiger partial charge on any atom is 0.411 e. The molecule has 2 N–H and O–H groups in total. The van der Waals surface area contributed by atoms with Gasteiger partial charge in [0.2, 0.25) is 0 Å². The number of halogens is 3. The van der Waals surface area contributed by atoms with Gasteiger partial charge in [0.25, 0.3) is 0 Å². The Kier molecular flexibility index (Phi) is 7.82. The van der Waals surface area contributed by atoms with Crippen LogP contribution in [0.3, 0.4) is 0 Å². The topological polar surface area (TPSA) is 41.5 Å². The number of aliphatic hydroxyl groups excluding tert-OH is 1. The third-order valence-electron chi connectivity index (χ3n) is 2.52. The summed E-state index contributed by atoms with van der Waals surface area (Å²) in [6.07, 6.45) is -2.27. The van der Waals surface area contributed by atoms with Crippen molar-refractivity contribution in [1.82, 2.24) is 5.32 Å². The summed E-state index contributed by atoms with van der Waals surface area (Å²) in [4.78, 5) is 0. The second-order valence-electron chi connectivity index (χ2n) is 5.14. The molecular formula is C12H24F3NO2. The molecule has 0 aliphatic rings. The summed E-state index contributed by atoms with van der Waals surface area (Å²) in [6, 6.07) is 0.253. The van der Waals surface area contributed by atoms with E-state index in [4.69, 9.17) is 0 Å². The Morgan fingerprint density at radius 3 is 2.28 bits per heavy atom. The predicted octanol–water partition coefficient (Wildman–Crippen LogP) is 2.48. The molecule has 0 bridgehead atoms. The maximum atomic E-state index is 11.8. The summed E-state index contributed by atoms with van der Waals surface area (Å²) in [5.74, 6) is 0. The first-order valence-corrected chi connectivity index (χ1v) is 6.21. The van der Waals surface area contributed by atoms with Crippen LogP contribution < -0.4 is 5.32 Å². The van der Waals surface area contributed by atoms with Crippen LogP contribution in [-0.4, -0.2) is 42.7 Å². The van der Waals surface area contributed by atoms with E-state index < -0.39 is 12.8 Å². The van der Waals surface area contributed by atoms with E-state index in [0.29, 0.717) is 19.3 Å². The Morgan fingerprint density at radius 2 is 1.83 bits per heavy atom. The lowest BCUT2D eigenvalue weighted by atomic mass is 9.95. The fourth-order valence-electron chi connectivity index (χ4n) is 1.80. The number of hydrogen-bond donors (Lipinski definition) is 2. The zero-order chi connectivity index (χ0) is 14.2. The van der Waals surface area contributed by atoms with Gasteiger partial charge in [-0.2, -0.15) is 13.2 Å². The van der Waals surface area contributed by atoms with Gasteiger partial charge in [0.1, 0.15) is 6.61 Å². The monoisotopic (exact) mass is 271 g/mol. The van der Waals surface area contributed by atoms with Gasteiger partial charge in [0.05, 0.1) is 6.61 Å². The van der Waals surface area contributed by atoms with Crippen molar-refractivity contribution in [2.75, 3.05) is 19.8 Å². The lowest BCUT2D eigenvalue weighted by Gasteiger charge is -2.31. The van der Waals surface area contributed by atoms with Crippen LogP contribution >= 0.6 is 0 Å². The molecule has 0 aliphatic heterocycles. The van der Waals surface area contributed by atoms with E-state index in [-0.39, 0.29) is 24.8 Å². The second kappa shape index (κ2) is 7.96. The molecular weight excluding hydrogens is 247 g/mol. The molecule has 0 saturated heterocycles. The van der Waals surface area contributed by atoms with Crippen molar-refractivity contribution in [3.05, 3.63) is 0 Å². The standard InChI is InChI=1S/C12H24F3NO2/c1-10(2)16-11(3,8-17)6-4-5-7-18-9-12(13,14)15/h10,16-17H,4-9H2,1-3H3. The average molecular weight is 271 g/mol. The van der Waals surface area contributed by atoms with Gasteiger partial charge >= 0.3 is 6.18 Å². The minimum absolute atomic E-state index is 0.00852. The van der Waals surface area contributed by atoms with Gasteiger partial charge in [-0.3, -0.25) is 0 Å². The molecule has 0 aliphatic carbocycles. The molecule has 0 fully saturated rings. The normalized spacial score (nSPS) is 16.0. The summed E-state index contributed by atoms with van der Waals surface area (Å²) in [6.45, 7) is 4.80. The van der Waals surface area contributed by atoms with Gasteiger partial charge < -0.3 is 15.2 Å². The molecule has 1 unspecified atom stereocenters. The van der Waals surface area contributed by atoms with E-state index in [9.17, 15) is 18.3 Å². The highest BCUT2D eigenvalue weighted by Gasteiger charge is 2.27. The van der Waals surface area contributed by atoms with Crippen molar-refractivity contribution < 1.29 is 23.0 Å². The minimum Gasteiger partial charge on any atom is -0.394 e. The Morgan fingerprint density at radius 1 is 1.22 bits per heavy atom. The van der Waals surface area contributed by atoms with Crippen LogP contribution in [0.15, 0.2) is 0 Å². The Hall–Kier alpha value is -0.330. The lowest BCUT2D eigenvalue weighted by molar-refractivity contribution is -0.174. The quantitative estimate of drug-likeness (QED) is 0.633. The molecule has 0 aromatic carbocycles. The van der Waals surface area contributed by atoms with Crippen LogP contribution in [0.25, 0.3) is 0 Å². The zero-order valence-electron chi connectivity index (χ0n) is 11.3. The van der Waals surface area contributed by atoms with E-state index in [1.807, 2.05) is 20.8 Å². The summed E-state index contributed by atoms with van der Waals surface area (Å²) in [7, 11) is 0. The zero-order valence-corrected chi connectivity index (χ0v) is 11.3. The highest BCUT2D eigenvalue weighted by molar-refractivity contribution is 4.83. The van der Waals surface area contributed by atoms with Crippen molar-refractivity contribution in [2.45, 2.75) is 57.8 Å². The van der Waals surface area contributed by atoms with E-state index in [1.165, 1.54) is 0 Å². The van der Waals surface area contributed by atoms with Crippen LogP contribution in [0.4, 0.5) is 13.2 Å². The van der Waals surface area contributed by atoms with E-state index >= 15 is 0 Å². The van der Waals surface area contributed by atoms with Crippen molar-refractivity contribution in [2.24, 2.45) is 0 Å². The summed E-state index contributed by atoms with van der Waals surface area (Å²) in [5, 5.41) is 12.6. The molecule has 0 aromatic rings. The minimum atomic E-state index is -4.25. The molecule has 0 saturated carbocycles. The highest BCUT2D eigenvalue weighted by atomic mass is 19.4. The van der Waals surface area contributed by atoms with E-state index in [2.05, 4.69) is 10.1 Å². The molecule has 0 amide bonds. The summed E-state index contributed by atoms with van der Waals surface area (Å²) >= 11 is 0. The second-order valence-corrected chi connectivity index (χ2v) is 5.14. The Bertz CT molecular complexity index is 222. The lowest BCUT2D eigenvalue weighted by Crippen LogP contribution is -2.49. The fraction of sp³-hybridized carbons (Fsp3) is 1.00. The predicted molar refractivity (Wildman–Crippen MR) is 64.5 cm³/mol. The van der Waals surface area contributed by atoms with Crippen molar-refractivity contribution in [1.29, 1.82) is 0 Å². The van der Waals surface area contributed by atoms with Gasteiger partial charge in [-0.1, -0.05) is 13.8 Å². The van der Waals surface area contributed by atoms with E-state index in [1.54, 1.807) is 0 Å². The highest BCUT2D eigenvalue weighted by Crippen LogP contribution is 2.16. The molecule has 110 valence electrons. The molecule has 0 rings (SSSR count). The third kappa shape index (κ3) is 9.67. The number of nitrogens with one attached hydrogen (secondary N) is 1. The van der Waals surface area contributed by atoms with Crippen LogP contribution in [0.5, 0.6) is 0 Å². The average Bonchev–Trinajstić information content (AvgIpc) is 2.20. The van der Waals surface area contributed by atoms with Crippen LogP contribution in [0.2, 0.25) is 0 Å². The number of rotatable bonds is 9. The number of unbranched alkanes of at least 4 members (excludes halogenated alkanes) is 1. The summed E-state index contributed by atoms with van der Waals surface area (Å²) < 4.78 is 39.9. The third-order valence-corrected chi connectivity index (χ3v) is 2.52. The smallest absolute Gasteiger partial charge is 0.394 e. The molecule has 0 radical (unpaired) electrons. The van der Waals surface area contributed by atoms with Gasteiger partial charge in [-0.25, -0.2) is 0 Å². The Labute approximate surface area is 107 Å². The number of hydrogen-bond acceptors (Lipinski definition) is 3. The molecule has 0 heterocycles. The Balaban J connectivity index is 3.69. The number of ether oxygens (including phenoxy) is 1. The van der Waals surface area contributed by atoms with Crippen molar-refractivity contribution in [3.8, 4) is 0 Å². The first-order valence-electron chi connectivity index (χ1n) is 6.21. The van der Waals surface area contributed by atoms with Gasteiger partial charge in [-0.15, -0.1) is 0 Å². The van der Waals surface area contributed by atoms with Crippen LogP contribution in [-0.2, 0) is 4.74 Å². The van der Waals surface area contributed by atoms with Crippen LogP contribution in [0, 0.1) is 0 Å². The molecule has 18 heavy (non-hydrogen) atoms. The molecule has 6 heteroatoms. The fourth-order valence-corrected chi connectivity index (χ4v) is 1.80. The maximum absolute atomic E-state index is 11.8. The molecule has 1 atom stereocenters. The van der Waals surface area contributed by atoms with Gasteiger partial charge in [0, 0.05) is 18.2 Å². The SMILES string of the molecule is CC(C)NC(C)(CO)CCCCOCC(F)(F)F. The van der Waals surface area contributed by atoms with Gasteiger partial charge in [-0.05, 0) is 26.2 Å². The first kappa shape index (κ1) is 17.7.